The summed E-state index contributed by atoms with van der Waals surface area (Å²) in [6.07, 6.45) is 0. The van der Waals surface area contributed by atoms with Crippen LogP contribution in [0, 0.1) is 0 Å². The molecule has 0 fully saturated rings. The molecule has 0 unspecified atom stereocenters. The van der Waals surface area contributed by atoms with Crippen molar-refractivity contribution in [3.8, 4) is 112 Å². The van der Waals surface area contributed by atoms with Gasteiger partial charge in [-0.1, -0.05) is 237 Å². The molecule has 0 aliphatic carbocycles. The fourth-order valence-corrected chi connectivity index (χ4v) is 8.98. The Morgan fingerprint density at radius 2 is 0.439 bits per heavy atom. The van der Waals surface area contributed by atoms with Crippen LogP contribution < -0.4 is 0 Å². The van der Waals surface area contributed by atoms with Gasteiger partial charge in [0.1, 0.15) is 0 Å². The van der Waals surface area contributed by atoms with E-state index >= 15 is 0 Å². The van der Waals surface area contributed by atoms with Gasteiger partial charge >= 0.3 is 0 Å². The van der Waals surface area contributed by atoms with E-state index in [1.807, 2.05) is 36.4 Å². The van der Waals surface area contributed by atoms with Crippen molar-refractivity contribution in [3.05, 3.63) is 261 Å². The number of rotatable bonds is 10. The number of hydrogen-bond acceptors (Lipinski definition) is 3. The molecule has 0 aliphatic rings. The molecular formula is C63H43N3. The highest BCUT2D eigenvalue weighted by Crippen LogP contribution is 2.50. The van der Waals surface area contributed by atoms with Gasteiger partial charge in [-0.15, -0.1) is 0 Å². The molecular weight excluding hydrogens is 799 g/mol. The van der Waals surface area contributed by atoms with Crippen LogP contribution in [0.5, 0.6) is 0 Å². The first-order valence-electron chi connectivity index (χ1n) is 22.3. The molecule has 0 amide bonds. The molecule has 0 bridgehead atoms. The number of hydrogen-bond donors (Lipinski definition) is 0. The van der Waals surface area contributed by atoms with E-state index in [0.29, 0.717) is 17.5 Å². The first kappa shape index (κ1) is 40.0. The Bertz CT molecular complexity index is 3430. The number of nitrogens with zero attached hydrogens (tertiary/aromatic N) is 3. The molecule has 66 heavy (non-hydrogen) atoms. The summed E-state index contributed by atoms with van der Waals surface area (Å²) in [5, 5.41) is 0. The topological polar surface area (TPSA) is 38.7 Å². The quantitative estimate of drug-likeness (QED) is 0.138. The average Bonchev–Trinajstić information content (AvgIpc) is 3.41. The molecule has 1 heterocycles. The molecule has 0 saturated heterocycles. The summed E-state index contributed by atoms with van der Waals surface area (Å²) in [4.78, 5) is 15.3. The predicted molar refractivity (Wildman–Crippen MR) is 274 cm³/mol. The van der Waals surface area contributed by atoms with E-state index in [-0.39, 0.29) is 0 Å². The van der Waals surface area contributed by atoms with E-state index in [1.165, 1.54) is 27.8 Å². The lowest BCUT2D eigenvalue weighted by molar-refractivity contribution is 1.07. The van der Waals surface area contributed by atoms with Crippen LogP contribution >= 0.6 is 0 Å². The van der Waals surface area contributed by atoms with Gasteiger partial charge in [0.25, 0.3) is 0 Å². The van der Waals surface area contributed by atoms with E-state index in [9.17, 15) is 0 Å². The summed E-state index contributed by atoms with van der Waals surface area (Å²) in [5.74, 6) is 1.87. The molecule has 3 nitrogen and oxygen atoms in total. The first-order valence-corrected chi connectivity index (χ1v) is 22.3. The van der Waals surface area contributed by atoms with Crippen molar-refractivity contribution in [1.82, 2.24) is 15.0 Å². The number of benzene rings is 10. The zero-order valence-corrected chi connectivity index (χ0v) is 36.2. The lowest BCUT2D eigenvalue weighted by Crippen LogP contribution is -2.00. The Kier molecular flexibility index (Phi) is 11.0. The Balaban J connectivity index is 1.08. The summed E-state index contributed by atoms with van der Waals surface area (Å²) in [5.41, 5.74) is 18.9. The minimum atomic E-state index is 0.616. The van der Waals surface area contributed by atoms with Gasteiger partial charge in [0.15, 0.2) is 17.5 Å². The highest BCUT2D eigenvalue weighted by Gasteiger charge is 2.24. The van der Waals surface area contributed by atoms with Crippen molar-refractivity contribution in [3.63, 3.8) is 0 Å². The van der Waals surface area contributed by atoms with E-state index < -0.39 is 0 Å². The highest BCUT2D eigenvalue weighted by atomic mass is 15.0. The van der Waals surface area contributed by atoms with Crippen LogP contribution in [0.25, 0.3) is 112 Å². The van der Waals surface area contributed by atoms with Crippen molar-refractivity contribution in [2.45, 2.75) is 0 Å². The third kappa shape index (κ3) is 8.14. The van der Waals surface area contributed by atoms with E-state index in [2.05, 4.69) is 224 Å². The highest BCUT2D eigenvalue weighted by molar-refractivity contribution is 6.07. The summed E-state index contributed by atoms with van der Waals surface area (Å²) in [6, 6.07) is 92.2. The maximum absolute atomic E-state index is 5.17. The fourth-order valence-electron chi connectivity index (χ4n) is 8.98. The first-order chi connectivity index (χ1) is 32.7. The monoisotopic (exact) mass is 841 g/mol. The normalized spacial score (nSPS) is 11.0. The van der Waals surface area contributed by atoms with E-state index in [0.717, 1.165) is 66.8 Å². The van der Waals surface area contributed by atoms with Gasteiger partial charge in [-0.2, -0.15) is 0 Å². The number of aromatic nitrogens is 3. The van der Waals surface area contributed by atoms with Gasteiger partial charge in [-0.05, 0) is 102 Å². The summed E-state index contributed by atoms with van der Waals surface area (Å²) in [7, 11) is 0. The SMILES string of the molecule is c1ccc(-c2cccc(-c3nc(-c4ccccc4)nc(-c4cccc(-c5cccc(-c6cc(-c7ccccc7)c(-c7ccccc7)c(-c7ccccc7)c6-c6ccccc6)c5)c4)n3)c2)cc1. The van der Waals surface area contributed by atoms with Gasteiger partial charge in [-0.3, -0.25) is 0 Å². The zero-order chi connectivity index (χ0) is 44.1. The van der Waals surface area contributed by atoms with Gasteiger partial charge in [0.2, 0.25) is 0 Å². The van der Waals surface area contributed by atoms with E-state index in [1.54, 1.807) is 0 Å². The molecule has 0 radical (unpaired) electrons. The summed E-state index contributed by atoms with van der Waals surface area (Å²) in [6.45, 7) is 0. The molecule has 0 atom stereocenters. The van der Waals surface area contributed by atoms with E-state index in [4.69, 9.17) is 15.0 Å². The Morgan fingerprint density at radius 3 is 0.879 bits per heavy atom. The molecule has 1 aromatic heterocycles. The van der Waals surface area contributed by atoms with Crippen molar-refractivity contribution < 1.29 is 0 Å². The van der Waals surface area contributed by atoms with Crippen molar-refractivity contribution in [1.29, 1.82) is 0 Å². The van der Waals surface area contributed by atoms with Crippen LogP contribution in [0.4, 0.5) is 0 Å². The summed E-state index contributed by atoms with van der Waals surface area (Å²) >= 11 is 0. The zero-order valence-electron chi connectivity index (χ0n) is 36.2. The van der Waals surface area contributed by atoms with Gasteiger partial charge < -0.3 is 0 Å². The van der Waals surface area contributed by atoms with Crippen molar-refractivity contribution in [2.24, 2.45) is 0 Å². The second kappa shape index (κ2) is 18.1. The Morgan fingerprint density at radius 1 is 0.167 bits per heavy atom. The van der Waals surface area contributed by atoms with Crippen molar-refractivity contribution in [2.75, 3.05) is 0 Å². The smallest absolute Gasteiger partial charge is 0.164 e. The maximum atomic E-state index is 5.17. The van der Waals surface area contributed by atoms with Gasteiger partial charge in [0.05, 0.1) is 0 Å². The standard InChI is InChI=1S/C63H43N3/c1-7-22-44(23-8-1)50-34-20-38-54(41-50)62-64-61(49-32-17-6-18-33-49)65-63(66-62)55-39-21-36-52(42-55)51-35-19-37-53(40-51)57-43-56(45-24-9-2-10-25-45)58(46-26-11-3-12-27-46)60(48-30-15-5-16-31-48)59(57)47-28-13-4-14-29-47/h1-43H. The van der Waals surface area contributed by atoms with Crippen LogP contribution in [0.3, 0.4) is 0 Å². The lowest BCUT2D eigenvalue weighted by atomic mass is 9.78. The van der Waals surface area contributed by atoms with Crippen LogP contribution in [-0.2, 0) is 0 Å². The molecule has 11 rings (SSSR count). The van der Waals surface area contributed by atoms with Crippen LogP contribution in [0.15, 0.2) is 261 Å². The van der Waals surface area contributed by atoms with Crippen LogP contribution in [0.1, 0.15) is 0 Å². The third-order valence-electron chi connectivity index (χ3n) is 12.1. The fraction of sp³-hybridized carbons (Fsp3) is 0. The van der Waals surface area contributed by atoms with Gasteiger partial charge in [-0.25, -0.2) is 15.0 Å². The lowest BCUT2D eigenvalue weighted by Gasteiger charge is -2.24. The molecule has 0 spiro atoms. The van der Waals surface area contributed by atoms with Crippen molar-refractivity contribution >= 4 is 0 Å². The largest absolute Gasteiger partial charge is 0.208 e. The molecule has 310 valence electrons. The van der Waals surface area contributed by atoms with Crippen LogP contribution in [0.2, 0.25) is 0 Å². The molecule has 3 heteroatoms. The summed E-state index contributed by atoms with van der Waals surface area (Å²) < 4.78 is 0. The molecule has 0 N–H and O–H groups in total. The second-order valence-electron chi connectivity index (χ2n) is 16.3. The van der Waals surface area contributed by atoms with Crippen LogP contribution in [-0.4, -0.2) is 15.0 Å². The molecule has 10 aromatic carbocycles. The predicted octanol–water partition coefficient (Wildman–Crippen LogP) is 16.5. The minimum Gasteiger partial charge on any atom is -0.208 e. The Hall–Kier alpha value is -8.79. The van der Waals surface area contributed by atoms with Gasteiger partial charge in [0, 0.05) is 16.7 Å². The third-order valence-corrected chi connectivity index (χ3v) is 12.1. The molecule has 11 aromatic rings. The molecule has 0 aliphatic heterocycles. The maximum Gasteiger partial charge on any atom is 0.164 e. The Labute approximate surface area is 386 Å². The molecule has 0 saturated carbocycles. The average molecular weight is 842 g/mol. The minimum absolute atomic E-state index is 0.616. The second-order valence-corrected chi connectivity index (χ2v) is 16.3.